The van der Waals surface area contributed by atoms with Crippen LogP contribution in [0.2, 0.25) is 0 Å². The Balaban J connectivity index is -0.000000000714. The number of hydrogen-bond acceptors (Lipinski definition) is 1. The van der Waals surface area contributed by atoms with E-state index < -0.39 is 0 Å². The molecule has 0 spiro atoms. The van der Waals surface area contributed by atoms with Crippen molar-refractivity contribution in [2.75, 3.05) is 0 Å². The Bertz CT molecular complexity index is 33.6. The lowest BCUT2D eigenvalue weighted by molar-refractivity contribution is 0.823. The van der Waals surface area contributed by atoms with Gasteiger partial charge in [-0.1, -0.05) is 0 Å². The van der Waals surface area contributed by atoms with Crippen molar-refractivity contribution >= 4 is 0 Å². The number of rotatable bonds is 0. The lowest BCUT2D eigenvalue weighted by atomic mass is 11.0. The molecule has 0 radical (unpaired) electrons. The lowest BCUT2D eigenvalue weighted by Gasteiger charge is -1.15. The smallest absolute Gasteiger partial charge is 0.0587 e. The average molecular weight is 185 g/mol. The van der Waals surface area contributed by atoms with Gasteiger partial charge in [-0.3, -0.25) is 0 Å². The van der Waals surface area contributed by atoms with Gasteiger partial charge in [0, 0.05) is 6.92 Å². The van der Waals surface area contributed by atoms with Gasteiger partial charge in [0.15, 0.2) is 0 Å². The monoisotopic (exact) mass is 185 g/mol. The summed E-state index contributed by atoms with van der Waals surface area (Å²) >= 11 is 0. The van der Waals surface area contributed by atoms with Gasteiger partial charge in [0.2, 0.25) is 0 Å². The summed E-state index contributed by atoms with van der Waals surface area (Å²) in [6.07, 6.45) is 0. The molecule has 16 N–H and O–H groups in total. The molecule has 0 fully saturated rings. The van der Waals surface area contributed by atoms with Crippen LogP contribution in [0.5, 0.6) is 0 Å². The fourth-order valence-electron chi connectivity index (χ4n) is 0. The molecule has 80 valence electrons. The summed E-state index contributed by atoms with van der Waals surface area (Å²) in [4.78, 5) is 0. The molecule has 0 aromatic heterocycles. The molecule has 9 nitrogen and oxygen atoms in total. The van der Waals surface area contributed by atoms with Crippen LogP contribution in [0.4, 0.5) is 0 Å². The number of hydrogen-bond donors (Lipinski definition) is 0. The van der Waals surface area contributed by atoms with Crippen LogP contribution in [0.3, 0.4) is 0 Å². The van der Waals surface area contributed by atoms with Crippen LogP contribution in [0.15, 0.2) is 0 Å². The van der Waals surface area contributed by atoms with E-state index in [1.165, 1.54) is 6.92 Å². The highest BCUT2D eigenvalue weighted by molar-refractivity contribution is 4.51. The molecule has 11 heavy (non-hydrogen) atoms. The average Bonchev–Trinajstić information content (AvgIpc) is 0.918. The van der Waals surface area contributed by atoms with E-state index in [1.807, 2.05) is 0 Å². The Labute approximate surface area is 63.3 Å². The van der Waals surface area contributed by atoms with Crippen molar-refractivity contribution in [1.29, 1.82) is 5.26 Å². The number of nitriles is 1. The summed E-state index contributed by atoms with van der Waals surface area (Å²) in [7, 11) is 0. The second kappa shape index (κ2) is 21200. The first-order valence-electron chi connectivity index (χ1n) is 0.724. The van der Waals surface area contributed by atoms with Crippen LogP contribution < -0.4 is 0 Å². The Morgan fingerprint density at radius 1 is 0.636 bits per heavy atom. The standard InChI is InChI=1S/C2H3N.8H2O/c1-2-3;;;;;;;;/h1H3;8*1H2. The molecule has 0 rings (SSSR count). The Morgan fingerprint density at radius 2 is 0.636 bits per heavy atom. The molecule has 0 aromatic carbocycles. The highest BCUT2D eigenvalue weighted by Crippen LogP contribution is 1.21. The van der Waals surface area contributed by atoms with Crippen LogP contribution in [0, 0.1) is 11.3 Å². The van der Waals surface area contributed by atoms with E-state index in [9.17, 15) is 0 Å². The summed E-state index contributed by atoms with van der Waals surface area (Å²) in [5, 5.41) is 7.32. The van der Waals surface area contributed by atoms with E-state index in [2.05, 4.69) is 0 Å². The lowest BCUT2D eigenvalue weighted by Crippen LogP contribution is -1.10. The minimum atomic E-state index is 0. The SMILES string of the molecule is CC#N.O.O.O.O.O.O.O.O. The van der Waals surface area contributed by atoms with Gasteiger partial charge < -0.3 is 43.8 Å². The maximum Gasteiger partial charge on any atom is 0.0587 e. The highest BCUT2D eigenvalue weighted by atomic mass is 16.0. The predicted molar refractivity (Wildman–Crippen MR) is 40.2 cm³/mol. The topological polar surface area (TPSA) is 276 Å². The van der Waals surface area contributed by atoms with E-state index in [0.717, 1.165) is 0 Å². The molecule has 0 amide bonds. The predicted octanol–water partition coefficient (Wildman–Crippen LogP) is -6.07. The van der Waals surface area contributed by atoms with Gasteiger partial charge in [-0.2, -0.15) is 5.26 Å². The van der Waals surface area contributed by atoms with E-state index in [4.69, 9.17) is 5.26 Å². The molecular formula is C2H19NO8. The minimum Gasteiger partial charge on any atom is -0.412 e. The van der Waals surface area contributed by atoms with Crippen molar-refractivity contribution in [1.82, 2.24) is 0 Å². The third-order valence-corrected chi connectivity index (χ3v) is 0. The number of nitrogens with zero attached hydrogens (tertiary/aromatic N) is 1. The van der Waals surface area contributed by atoms with Crippen molar-refractivity contribution in [2.45, 2.75) is 6.92 Å². The normalized spacial score (nSPS) is 0.727. The van der Waals surface area contributed by atoms with Crippen molar-refractivity contribution in [3.05, 3.63) is 0 Å². The molecule has 0 atom stereocenters. The maximum absolute atomic E-state index is 7.32. The third kappa shape index (κ3) is 684. The van der Waals surface area contributed by atoms with Crippen molar-refractivity contribution < 1.29 is 43.8 Å². The third-order valence-electron chi connectivity index (χ3n) is 0. The molecule has 0 heterocycles. The zero-order valence-electron chi connectivity index (χ0n) is 5.95. The second-order valence-electron chi connectivity index (χ2n) is 0.224. The van der Waals surface area contributed by atoms with Gasteiger partial charge in [0.1, 0.15) is 0 Å². The summed E-state index contributed by atoms with van der Waals surface area (Å²) in [6.45, 7) is 1.43. The molecule has 0 saturated carbocycles. The molecule has 0 bridgehead atoms. The minimum absolute atomic E-state index is 0. The fraction of sp³-hybridized carbons (Fsp3) is 0.500. The first-order valence-corrected chi connectivity index (χ1v) is 0.724. The Kier molecular flexibility index (Phi) is 1200000. The van der Waals surface area contributed by atoms with Gasteiger partial charge >= 0.3 is 0 Å². The van der Waals surface area contributed by atoms with Crippen molar-refractivity contribution in [2.24, 2.45) is 0 Å². The van der Waals surface area contributed by atoms with Crippen LogP contribution >= 0.6 is 0 Å². The zero-order valence-corrected chi connectivity index (χ0v) is 5.95. The largest absolute Gasteiger partial charge is 0.412 e. The van der Waals surface area contributed by atoms with Crippen molar-refractivity contribution in [3.8, 4) is 6.07 Å². The zero-order chi connectivity index (χ0) is 2.71. The summed E-state index contributed by atoms with van der Waals surface area (Å²) in [5.74, 6) is 0. The quantitative estimate of drug-likeness (QED) is 0.349. The summed E-state index contributed by atoms with van der Waals surface area (Å²) in [5.41, 5.74) is 0. The van der Waals surface area contributed by atoms with Crippen LogP contribution in [0.25, 0.3) is 0 Å². The molecule has 0 aromatic rings. The Morgan fingerprint density at radius 3 is 0.636 bits per heavy atom. The first kappa shape index (κ1) is 625. The molecule has 0 aliphatic carbocycles. The van der Waals surface area contributed by atoms with Gasteiger partial charge in [0.05, 0.1) is 6.07 Å². The van der Waals surface area contributed by atoms with E-state index in [1.54, 1.807) is 6.07 Å². The van der Waals surface area contributed by atoms with Gasteiger partial charge in [-0.05, 0) is 0 Å². The first-order chi connectivity index (χ1) is 1.41. The van der Waals surface area contributed by atoms with E-state index >= 15 is 0 Å². The highest BCUT2D eigenvalue weighted by Gasteiger charge is 1.17. The van der Waals surface area contributed by atoms with Crippen molar-refractivity contribution in [3.63, 3.8) is 0 Å². The summed E-state index contributed by atoms with van der Waals surface area (Å²) in [6, 6.07) is 1.75. The van der Waals surface area contributed by atoms with E-state index in [0.29, 0.717) is 0 Å². The molecule has 0 aliphatic rings. The summed E-state index contributed by atoms with van der Waals surface area (Å²) < 4.78 is 0. The second-order valence-corrected chi connectivity index (χ2v) is 0.224. The van der Waals surface area contributed by atoms with Crippen LogP contribution in [0.1, 0.15) is 6.92 Å². The van der Waals surface area contributed by atoms with Gasteiger partial charge in [0.25, 0.3) is 0 Å². The molecule has 0 unspecified atom stereocenters. The molecule has 0 saturated heterocycles. The molecule has 9 heteroatoms. The van der Waals surface area contributed by atoms with Crippen LogP contribution in [-0.2, 0) is 0 Å². The molecule has 0 aliphatic heterocycles. The maximum atomic E-state index is 7.32. The molecular weight excluding hydrogens is 166 g/mol. The van der Waals surface area contributed by atoms with Gasteiger partial charge in [-0.15, -0.1) is 0 Å². The fourth-order valence-corrected chi connectivity index (χ4v) is 0. The van der Waals surface area contributed by atoms with Gasteiger partial charge in [-0.25, -0.2) is 0 Å². The Hall–Kier alpha value is -0.830. The van der Waals surface area contributed by atoms with Crippen LogP contribution in [-0.4, -0.2) is 43.8 Å². The van der Waals surface area contributed by atoms with E-state index in [-0.39, 0.29) is 43.8 Å².